The zero-order valence-electron chi connectivity index (χ0n) is 17.2. The van der Waals surface area contributed by atoms with Gasteiger partial charge in [0, 0.05) is 37.4 Å². The zero-order chi connectivity index (χ0) is 20.3. The Balaban J connectivity index is 1.54. The average molecular weight is 383 g/mol. The summed E-state index contributed by atoms with van der Waals surface area (Å²) >= 11 is 0. The Hall–Kier alpha value is -2.60. The molecule has 1 saturated heterocycles. The topological polar surface area (TPSA) is 65.8 Å². The van der Waals surface area contributed by atoms with Crippen molar-refractivity contribution in [3.05, 3.63) is 52.5 Å². The molecular formula is C22H29N3O3. The summed E-state index contributed by atoms with van der Waals surface area (Å²) in [5.74, 6) is 1.48. The predicted molar refractivity (Wildman–Crippen MR) is 110 cm³/mol. The van der Waals surface area contributed by atoms with Gasteiger partial charge in [-0.2, -0.15) is 0 Å². The lowest BCUT2D eigenvalue weighted by atomic mass is 10.1. The molecule has 6 nitrogen and oxygen atoms in total. The van der Waals surface area contributed by atoms with E-state index in [9.17, 15) is 9.59 Å². The Bertz CT molecular complexity index is 864. The van der Waals surface area contributed by atoms with Crippen molar-refractivity contribution in [1.29, 1.82) is 0 Å². The highest BCUT2D eigenvalue weighted by atomic mass is 16.3. The van der Waals surface area contributed by atoms with Gasteiger partial charge >= 0.3 is 0 Å². The minimum atomic E-state index is -0.0159. The van der Waals surface area contributed by atoms with Gasteiger partial charge < -0.3 is 14.6 Å². The van der Waals surface area contributed by atoms with Crippen LogP contribution in [-0.4, -0.2) is 54.3 Å². The van der Waals surface area contributed by atoms with E-state index in [2.05, 4.69) is 17.1 Å². The lowest BCUT2D eigenvalue weighted by Crippen LogP contribution is -2.50. The van der Waals surface area contributed by atoms with Crippen LogP contribution in [0.4, 0.5) is 5.69 Å². The van der Waals surface area contributed by atoms with E-state index in [1.165, 1.54) is 0 Å². The van der Waals surface area contributed by atoms with Crippen molar-refractivity contribution in [3.63, 3.8) is 0 Å². The number of amides is 2. The molecule has 1 aromatic carbocycles. The van der Waals surface area contributed by atoms with E-state index in [-0.39, 0.29) is 11.8 Å². The van der Waals surface area contributed by atoms with Crippen LogP contribution in [0.15, 0.2) is 28.7 Å². The fourth-order valence-corrected chi connectivity index (χ4v) is 3.72. The fourth-order valence-electron chi connectivity index (χ4n) is 3.72. The van der Waals surface area contributed by atoms with Crippen LogP contribution in [0.3, 0.4) is 0 Å². The third kappa shape index (κ3) is 4.28. The number of piperazine rings is 1. The molecular weight excluding hydrogens is 354 g/mol. The Labute approximate surface area is 166 Å². The highest BCUT2D eigenvalue weighted by molar-refractivity contribution is 5.97. The first-order chi connectivity index (χ1) is 13.4. The average Bonchev–Trinajstić information content (AvgIpc) is 2.94. The molecule has 2 aromatic rings. The third-order valence-corrected chi connectivity index (χ3v) is 5.47. The first-order valence-electron chi connectivity index (χ1n) is 9.86. The quantitative estimate of drug-likeness (QED) is 0.861. The van der Waals surface area contributed by atoms with Gasteiger partial charge in [-0.3, -0.25) is 14.5 Å². The second-order valence-electron chi connectivity index (χ2n) is 7.34. The zero-order valence-corrected chi connectivity index (χ0v) is 17.2. The van der Waals surface area contributed by atoms with E-state index >= 15 is 0 Å². The summed E-state index contributed by atoms with van der Waals surface area (Å²) in [7, 11) is 0. The van der Waals surface area contributed by atoms with E-state index in [4.69, 9.17) is 4.42 Å². The van der Waals surface area contributed by atoms with Crippen molar-refractivity contribution in [3.8, 4) is 0 Å². The molecule has 2 amide bonds. The minimum absolute atomic E-state index is 0.0159. The van der Waals surface area contributed by atoms with E-state index in [0.717, 1.165) is 29.0 Å². The molecule has 1 N–H and O–H groups in total. The lowest BCUT2D eigenvalue weighted by Gasteiger charge is -2.34. The number of nitrogens with one attached hydrogen (secondary N) is 1. The molecule has 1 aromatic heterocycles. The smallest absolute Gasteiger partial charge is 0.257 e. The van der Waals surface area contributed by atoms with Gasteiger partial charge in [0.05, 0.1) is 12.1 Å². The van der Waals surface area contributed by atoms with Gasteiger partial charge in [-0.25, -0.2) is 0 Å². The molecule has 1 aliphatic rings. The van der Waals surface area contributed by atoms with Crippen LogP contribution in [0.2, 0.25) is 0 Å². The van der Waals surface area contributed by atoms with Gasteiger partial charge in [0.25, 0.3) is 5.91 Å². The number of anilines is 1. The monoisotopic (exact) mass is 383 g/mol. The summed E-state index contributed by atoms with van der Waals surface area (Å²) in [6.07, 6.45) is 0.879. The van der Waals surface area contributed by atoms with Crippen LogP contribution in [0.1, 0.15) is 39.9 Å². The number of nitrogens with zero attached hydrogens (tertiary/aromatic N) is 2. The van der Waals surface area contributed by atoms with Crippen LogP contribution in [0.25, 0.3) is 0 Å². The molecule has 0 unspecified atom stereocenters. The Kier molecular flexibility index (Phi) is 6.19. The standard InChI is InChI=1S/C22H29N3O3/c1-5-18-8-6-7-9-19(18)23-20(26)14-24-10-12-25(13-11-24)22(27)21-15(2)16(3)28-17(21)4/h6-9H,5,10-14H2,1-4H3,(H,23,26). The summed E-state index contributed by atoms with van der Waals surface area (Å²) < 4.78 is 5.60. The van der Waals surface area contributed by atoms with Gasteiger partial charge in [0.15, 0.2) is 0 Å². The van der Waals surface area contributed by atoms with Crippen molar-refractivity contribution in [2.75, 3.05) is 38.0 Å². The summed E-state index contributed by atoms with van der Waals surface area (Å²) in [5, 5.41) is 3.01. The molecule has 2 heterocycles. The predicted octanol–water partition coefficient (Wildman–Crippen LogP) is 3.16. The highest BCUT2D eigenvalue weighted by Gasteiger charge is 2.27. The molecule has 0 saturated carbocycles. The molecule has 0 spiro atoms. The number of rotatable bonds is 5. The van der Waals surface area contributed by atoms with Crippen LogP contribution >= 0.6 is 0 Å². The van der Waals surface area contributed by atoms with Crippen molar-refractivity contribution < 1.29 is 14.0 Å². The summed E-state index contributed by atoms with van der Waals surface area (Å²) in [5.41, 5.74) is 3.61. The van der Waals surface area contributed by atoms with Gasteiger partial charge in [-0.05, 0) is 38.8 Å². The second-order valence-corrected chi connectivity index (χ2v) is 7.34. The molecule has 1 aliphatic heterocycles. The largest absolute Gasteiger partial charge is 0.466 e. The normalized spacial score (nSPS) is 14.9. The Morgan fingerprint density at radius 3 is 2.32 bits per heavy atom. The number of benzene rings is 1. The van der Waals surface area contributed by atoms with Crippen LogP contribution in [0.5, 0.6) is 0 Å². The van der Waals surface area contributed by atoms with E-state index in [1.807, 2.05) is 49.9 Å². The molecule has 1 fully saturated rings. The van der Waals surface area contributed by atoms with Gasteiger partial charge in [0.2, 0.25) is 5.91 Å². The number of carbonyl (C=O) groups excluding carboxylic acids is 2. The van der Waals surface area contributed by atoms with Crippen LogP contribution < -0.4 is 5.32 Å². The fraction of sp³-hybridized carbons (Fsp3) is 0.455. The maximum Gasteiger partial charge on any atom is 0.257 e. The van der Waals surface area contributed by atoms with Crippen molar-refractivity contribution in [2.24, 2.45) is 0 Å². The van der Waals surface area contributed by atoms with Crippen molar-refractivity contribution in [2.45, 2.75) is 34.1 Å². The first kappa shape index (κ1) is 20.1. The summed E-state index contributed by atoms with van der Waals surface area (Å²) in [4.78, 5) is 29.2. The SMILES string of the molecule is CCc1ccccc1NC(=O)CN1CCN(C(=O)c2c(C)oc(C)c2C)CC1. The van der Waals surface area contributed by atoms with Crippen LogP contribution in [-0.2, 0) is 11.2 Å². The van der Waals surface area contributed by atoms with Crippen LogP contribution in [0, 0.1) is 20.8 Å². The van der Waals surface area contributed by atoms with Gasteiger partial charge in [0.1, 0.15) is 11.5 Å². The number of hydrogen-bond donors (Lipinski definition) is 1. The van der Waals surface area contributed by atoms with E-state index < -0.39 is 0 Å². The maximum atomic E-state index is 12.9. The number of hydrogen-bond acceptors (Lipinski definition) is 4. The molecule has 0 atom stereocenters. The molecule has 0 aliphatic carbocycles. The summed E-state index contributed by atoms with van der Waals surface area (Å²) in [6, 6.07) is 7.88. The maximum absolute atomic E-state index is 12.9. The number of aryl methyl sites for hydroxylation is 3. The van der Waals surface area contributed by atoms with Crippen molar-refractivity contribution in [1.82, 2.24) is 9.80 Å². The number of carbonyl (C=O) groups is 2. The highest BCUT2D eigenvalue weighted by Crippen LogP contribution is 2.23. The number of furan rings is 1. The lowest BCUT2D eigenvalue weighted by molar-refractivity contribution is -0.117. The van der Waals surface area contributed by atoms with Gasteiger partial charge in [-0.1, -0.05) is 25.1 Å². The second kappa shape index (κ2) is 8.61. The molecule has 0 radical (unpaired) electrons. The minimum Gasteiger partial charge on any atom is -0.466 e. The summed E-state index contributed by atoms with van der Waals surface area (Å²) in [6.45, 7) is 10.6. The van der Waals surface area contributed by atoms with Crippen molar-refractivity contribution >= 4 is 17.5 Å². The molecule has 150 valence electrons. The Morgan fingerprint density at radius 2 is 1.71 bits per heavy atom. The number of para-hydroxylation sites is 1. The van der Waals surface area contributed by atoms with E-state index in [1.54, 1.807) is 0 Å². The molecule has 3 rings (SSSR count). The first-order valence-corrected chi connectivity index (χ1v) is 9.86. The van der Waals surface area contributed by atoms with Gasteiger partial charge in [-0.15, -0.1) is 0 Å². The van der Waals surface area contributed by atoms with E-state index in [0.29, 0.717) is 44.0 Å². The third-order valence-electron chi connectivity index (χ3n) is 5.47. The molecule has 6 heteroatoms. The molecule has 0 bridgehead atoms. The molecule has 28 heavy (non-hydrogen) atoms. The Morgan fingerprint density at radius 1 is 1.04 bits per heavy atom.